The van der Waals surface area contributed by atoms with E-state index in [9.17, 15) is 4.79 Å². The minimum absolute atomic E-state index is 0.227. The van der Waals surface area contributed by atoms with Gasteiger partial charge in [-0.25, -0.2) is 0 Å². The second kappa shape index (κ2) is 5.17. The fraction of sp³-hybridized carbons (Fsp3) is 0.923. The molecule has 2 atom stereocenters. The van der Waals surface area contributed by atoms with Crippen LogP contribution in [0.15, 0.2) is 0 Å². The van der Waals surface area contributed by atoms with Crippen molar-refractivity contribution < 1.29 is 4.79 Å². The Bertz CT molecular complexity index is 250. The van der Waals surface area contributed by atoms with Gasteiger partial charge in [0.15, 0.2) is 0 Å². The van der Waals surface area contributed by atoms with Crippen LogP contribution in [0, 0.1) is 11.8 Å². The van der Waals surface area contributed by atoms with Crippen LogP contribution in [0.2, 0.25) is 0 Å². The molecular formula is C13H24N2O. The normalized spacial score (nSPS) is 29.4. The number of carbonyl (C=O) groups is 1. The molecule has 0 aromatic heterocycles. The zero-order valence-corrected chi connectivity index (χ0v) is 10.5. The van der Waals surface area contributed by atoms with E-state index >= 15 is 0 Å². The minimum Gasteiger partial charge on any atom is -0.342 e. The van der Waals surface area contributed by atoms with E-state index in [2.05, 4.69) is 24.1 Å². The Morgan fingerprint density at radius 2 is 2.12 bits per heavy atom. The summed E-state index contributed by atoms with van der Waals surface area (Å²) in [5.41, 5.74) is 0. The average molecular weight is 224 g/mol. The first kappa shape index (κ1) is 11.9. The Hall–Kier alpha value is -0.570. The van der Waals surface area contributed by atoms with Crippen molar-refractivity contribution in [2.75, 3.05) is 19.6 Å². The van der Waals surface area contributed by atoms with Gasteiger partial charge in [-0.15, -0.1) is 0 Å². The maximum absolute atomic E-state index is 12.4. The standard InChI is InChI=1S/C13H24N2O/c1-3-8-15(9-11-4-5-11)13(16)12-6-7-14-10(12)2/h10-12,14H,3-9H2,1-2H3. The van der Waals surface area contributed by atoms with Gasteiger partial charge in [0.2, 0.25) is 5.91 Å². The summed E-state index contributed by atoms with van der Waals surface area (Å²) in [7, 11) is 0. The van der Waals surface area contributed by atoms with E-state index in [0.29, 0.717) is 11.9 Å². The zero-order valence-electron chi connectivity index (χ0n) is 10.5. The fourth-order valence-corrected chi connectivity index (χ4v) is 2.60. The number of nitrogens with one attached hydrogen (secondary N) is 1. The van der Waals surface area contributed by atoms with Gasteiger partial charge in [0, 0.05) is 19.1 Å². The molecule has 1 aliphatic heterocycles. The van der Waals surface area contributed by atoms with Gasteiger partial charge in [0.1, 0.15) is 0 Å². The van der Waals surface area contributed by atoms with E-state index in [1.54, 1.807) is 0 Å². The van der Waals surface area contributed by atoms with Crippen LogP contribution >= 0.6 is 0 Å². The molecule has 0 spiro atoms. The quantitative estimate of drug-likeness (QED) is 0.770. The van der Waals surface area contributed by atoms with Gasteiger partial charge >= 0.3 is 0 Å². The lowest BCUT2D eigenvalue weighted by atomic mass is 10.00. The topological polar surface area (TPSA) is 32.3 Å². The minimum atomic E-state index is 0.227. The molecule has 2 fully saturated rings. The van der Waals surface area contributed by atoms with Crippen molar-refractivity contribution in [2.45, 2.75) is 45.6 Å². The van der Waals surface area contributed by atoms with Gasteiger partial charge in [0.05, 0.1) is 5.92 Å². The lowest BCUT2D eigenvalue weighted by molar-refractivity contribution is -0.136. The van der Waals surface area contributed by atoms with Crippen molar-refractivity contribution in [3.63, 3.8) is 0 Å². The SMILES string of the molecule is CCCN(CC1CC1)C(=O)C1CCNC1C. The van der Waals surface area contributed by atoms with Crippen LogP contribution in [0.3, 0.4) is 0 Å². The van der Waals surface area contributed by atoms with Crippen LogP contribution in [0.25, 0.3) is 0 Å². The molecule has 1 aliphatic carbocycles. The molecule has 1 amide bonds. The van der Waals surface area contributed by atoms with Crippen LogP contribution in [-0.4, -0.2) is 36.5 Å². The van der Waals surface area contributed by atoms with E-state index < -0.39 is 0 Å². The Labute approximate surface area is 98.6 Å². The molecule has 16 heavy (non-hydrogen) atoms. The van der Waals surface area contributed by atoms with Crippen LogP contribution < -0.4 is 5.32 Å². The Morgan fingerprint density at radius 1 is 1.38 bits per heavy atom. The maximum atomic E-state index is 12.4. The van der Waals surface area contributed by atoms with Gasteiger partial charge in [-0.1, -0.05) is 6.92 Å². The highest BCUT2D eigenvalue weighted by molar-refractivity contribution is 5.80. The van der Waals surface area contributed by atoms with Gasteiger partial charge in [-0.2, -0.15) is 0 Å². The summed E-state index contributed by atoms with van der Waals surface area (Å²) < 4.78 is 0. The fourth-order valence-electron chi connectivity index (χ4n) is 2.60. The molecule has 1 heterocycles. The van der Waals surface area contributed by atoms with Gasteiger partial charge in [-0.05, 0) is 45.1 Å². The Balaban J connectivity index is 1.91. The summed E-state index contributed by atoms with van der Waals surface area (Å²) in [4.78, 5) is 14.5. The molecule has 2 unspecified atom stereocenters. The summed E-state index contributed by atoms with van der Waals surface area (Å²) in [6.07, 6.45) is 4.75. The van der Waals surface area contributed by atoms with Crippen molar-refractivity contribution in [3.05, 3.63) is 0 Å². The Kier molecular flexibility index (Phi) is 3.85. The molecule has 3 nitrogen and oxygen atoms in total. The summed E-state index contributed by atoms with van der Waals surface area (Å²) in [5, 5.41) is 3.37. The second-order valence-corrected chi connectivity index (χ2v) is 5.37. The lowest BCUT2D eigenvalue weighted by Gasteiger charge is -2.26. The number of rotatable bonds is 5. The van der Waals surface area contributed by atoms with Crippen molar-refractivity contribution in [1.82, 2.24) is 10.2 Å². The molecule has 92 valence electrons. The molecule has 1 saturated heterocycles. The molecular weight excluding hydrogens is 200 g/mol. The predicted molar refractivity (Wildman–Crippen MR) is 65.2 cm³/mol. The molecule has 1 N–H and O–H groups in total. The number of amides is 1. The van der Waals surface area contributed by atoms with Crippen molar-refractivity contribution in [1.29, 1.82) is 0 Å². The molecule has 0 aromatic carbocycles. The van der Waals surface area contributed by atoms with Gasteiger partial charge in [-0.3, -0.25) is 4.79 Å². The summed E-state index contributed by atoms with van der Waals surface area (Å²) in [6, 6.07) is 0.367. The highest BCUT2D eigenvalue weighted by atomic mass is 16.2. The first-order chi connectivity index (χ1) is 7.72. The maximum Gasteiger partial charge on any atom is 0.227 e. The highest BCUT2D eigenvalue weighted by Crippen LogP contribution is 2.30. The third kappa shape index (κ3) is 2.76. The predicted octanol–water partition coefficient (Wildman–Crippen LogP) is 1.63. The van der Waals surface area contributed by atoms with E-state index in [4.69, 9.17) is 0 Å². The number of hydrogen-bond donors (Lipinski definition) is 1. The third-order valence-electron chi connectivity index (χ3n) is 3.82. The molecule has 2 rings (SSSR count). The van der Waals surface area contributed by atoms with E-state index in [1.807, 2.05) is 0 Å². The van der Waals surface area contributed by atoms with E-state index in [-0.39, 0.29) is 5.92 Å². The Morgan fingerprint density at radius 3 is 2.62 bits per heavy atom. The summed E-state index contributed by atoms with van der Waals surface area (Å²) in [5.74, 6) is 1.43. The molecule has 0 bridgehead atoms. The van der Waals surface area contributed by atoms with Crippen LogP contribution in [0.1, 0.15) is 39.5 Å². The molecule has 0 radical (unpaired) electrons. The van der Waals surface area contributed by atoms with Crippen molar-refractivity contribution in [3.8, 4) is 0 Å². The first-order valence-electron chi connectivity index (χ1n) is 6.74. The van der Waals surface area contributed by atoms with Gasteiger partial charge in [0.25, 0.3) is 0 Å². The number of nitrogens with zero attached hydrogens (tertiary/aromatic N) is 1. The average Bonchev–Trinajstić information content (AvgIpc) is 2.98. The monoisotopic (exact) mass is 224 g/mol. The van der Waals surface area contributed by atoms with Crippen molar-refractivity contribution in [2.24, 2.45) is 11.8 Å². The smallest absolute Gasteiger partial charge is 0.227 e. The van der Waals surface area contributed by atoms with E-state index in [0.717, 1.165) is 38.4 Å². The largest absolute Gasteiger partial charge is 0.342 e. The van der Waals surface area contributed by atoms with E-state index in [1.165, 1.54) is 12.8 Å². The first-order valence-corrected chi connectivity index (χ1v) is 6.74. The molecule has 0 aromatic rings. The summed E-state index contributed by atoms with van der Waals surface area (Å²) >= 11 is 0. The zero-order chi connectivity index (χ0) is 11.5. The molecule has 2 aliphatic rings. The van der Waals surface area contributed by atoms with Crippen LogP contribution in [-0.2, 0) is 4.79 Å². The van der Waals surface area contributed by atoms with Gasteiger partial charge < -0.3 is 10.2 Å². The number of carbonyl (C=O) groups excluding carboxylic acids is 1. The molecule has 1 saturated carbocycles. The highest BCUT2D eigenvalue weighted by Gasteiger charge is 2.34. The number of hydrogen-bond acceptors (Lipinski definition) is 2. The summed E-state index contributed by atoms with van der Waals surface area (Å²) in [6.45, 7) is 7.25. The third-order valence-corrected chi connectivity index (χ3v) is 3.82. The molecule has 3 heteroatoms. The van der Waals surface area contributed by atoms with Crippen LogP contribution in [0.4, 0.5) is 0 Å². The lowest BCUT2D eigenvalue weighted by Crippen LogP contribution is -2.41. The second-order valence-electron chi connectivity index (χ2n) is 5.37. The van der Waals surface area contributed by atoms with Crippen LogP contribution in [0.5, 0.6) is 0 Å². The van der Waals surface area contributed by atoms with Crippen molar-refractivity contribution >= 4 is 5.91 Å².